The molecule has 2 aromatic rings. The molecule has 0 fully saturated rings. The van der Waals surface area contributed by atoms with E-state index in [9.17, 15) is 9.59 Å². The minimum absolute atomic E-state index is 0.230. The molecule has 1 aromatic carbocycles. The highest BCUT2D eigenvalue weighted by atomic mass is 16.5. The summed E-state index contributed by atoms with van der Waals surface area (Å²) in [7, 11) is 0. The second-order valence-corrected chi connectivity index (χ2v) is 4.92. The van der Waals surface area contributed by atoms with Gasteiger partial charge in [-0.15, -0.1) is 0 Å². The van der Waals surface area contributed by atoms with Crippen LogP contribution in [-0.4, -0.2) is 29.8 Å². The topological polar surface area (TPSA) is 93.5 Å². The Balaban J connectivity index is 2.07. The second-order valence-electron chi connectivity index (χ2n) is 4.92. The normalized spacial score (nSPS) is 11.6. The van der Waals surface area contributed by atoms with Crippen LogP contribution < -0.4 is 10.6 Å². The van der Waals surface area contributed by atoms with Crippen molar-refractivity contribution in [2.75, 3.05) is 11.9 Å². The van der Waals surface area contributed by atoms with E-state index < -0.39 is 18.0 Å². The third kappa shape index (κ3) is 5.14. The van der Waals surface area contributed by atoms with Crippen LogP contribution in [0, 0.1) is 6.92 Å². The van der Waals surface area contributed by atoms with Gasteiger partial charge in [0.15, 0.2) is 5.82 Å². The molecule has 7 nitrogen and oxygen atoms in total. The largest absolute Gasteiger partial charge is 0.450 e. The Kier molecular flexibility index (Phi) is 5.74. The predicted octanol–water partition coefficient (Wildman–Crippen LogP) is 2.28. The van der Waals surface area contributed by atoms with Crippen molar-refractivity contribution in [2.24, 2.45) is 0 Å². The number of anilines is 1. The molecule has 0 radical (unpaired) electrons. The Labute approximate surface area is 134 Å². The number of ether oxygens (including phenoxy) is 1. The molecule has 0 bridgehead atoms. The van der Waals surface area contributed by atoms with Gasteiger partial charge in [-0.2, -0.15) is 0 Å². The Bertz CT molecular complexity index is 654. The molecule has 1 aromatic heterocycles. The summed E-state index contributed by atoms with van der Waals surface area (Å²) < 4.78 is 9.76. The molecule has 23 heavy (non-hydrogen) atoms. The smallest absolute Gasteiger partial charge is 0.407 e. The molecule has 0 spiro atoms. The Hall–Kier alpha value is -2.83. The number of alkyl carbamates (subject to hydrolysis) is 1. The molecule has 0 aliphatic rings. The average Bonchev–Trinajstić information content (AvgIpc) is 2.93. The molecule has 2 N–H and O–H groups in total. The summed E-state index contributed by atoms with van der Waals surface area (Å²) in [6.45, 7) is 3.65. The lowest BCUT2D eigenvalue weighted by Gasteiger charge is -2.17. The lowest BCUT2D eigenvalue weighted by molar-refractivity contribution is -0.118. The van der Waals surface area contributed by atoms with E-state index in [1.807, 2.05) is 30.3 Å². The van der Waals surface area contributed by atoms with Crippen LogP contribution in [-0.2, 0) is 16.0 Å². The summed E-state index contributed by atoms with van der Waals surface area (Å²) >= 11 is 0. The Morgan fingerprint density at radius 3 is 2.65 bits per heavy atom. The van der Waals surface area contributed by atoms with Crippen LogP contribution in [0.25, 0.3) is 0 Å². The highest BCUT2D eigenvalue weighted by Gasteiger charge is 2.22. The summed E-state index contributed by atoms with van der Waals surface area (Å²) in [4.78, 5) is 24.1. The Morgan fingerprint density at radius 2 is 2.04 bits per heavy atom. The molecule has 1 heterocycles. The number of benzene rings is 1. The fraction of sp³-hybridized carbons (Fsp3) is 0.312. The molecule has 7 heteroatoms. The monoisotopic (exact) mass is 317 g/mol. The van der Waals surface area contributed by atoms with E-state index in [0.717, 1.165) is 5.56 Å². The first kappa shape index (κ1) is 16.5. The van der Waals surface area contributed by atoms with Crippen LogP contribution in [0.15, 0.2) is 40.9 Å². The van der Waals surface area contributed by atoms with Crippen molar-refractivity contribution in [3.63, 3.8) is 0 Å². The quantitative estimate of drug-likeness (QED) is 0.852. The van der Waals surface area contributed by atoms with Gasteiger partial charge in [-0.05, 0) is 19.4 Å². The predicted molar refractivity (Wildman–Crippen MR) is 84.0 cm³/mol. The molecular formula is C16H19N3O4. The number of nitrogens with zero attached hydrogens (tertiary/aromatic N) is 1. The SMILES string of the molecule is CCOC(=O)NC(Cc1ccccc1)C(=O)Nc1cc(C)on1. The second kappa shape index (κ2) is 7.98. The zero-order valence-electron chi connectivity index (χ0n) is 13.0. The molecule has 0 saturated heterocycles. The molecule has 0 saturated carbocycles. The van der Waals surface area contributed by atoms with E-state index in [2.05, 4.69) is 15.8 Å². The van der Waals surface area contributed by atoms with E-state index in [1.54, 1.807) is 19.9 Å². The molecule has 122 valence electrons. The average molecular weight is 317 g/mol. The van der Waals surface area contributed by atoms with E-state index in [1.165, 1.54) is 0 Å². The van der Waals surface area contributed by atoms with Crippen molar-refractivity contribution >= 4 is 17.8 Å². The molecular weight excluding hydrogens is 298 g/mol. The van der Waals surface area contributed by atoms with E-state index in [-0.39, 0.29) is 6.61 Å². The molecule has 0 aliphatic heterocycles. The summed E-state index contributed by atoms with van der Waals surface area (Å²) in [5, 5.41) is 8.89. The van der Waals surface area contributed by atoms with Crippen LogP contribution in [0.1, 0.15) is 18.2 Å². The van der Waals surface area contributed by atoms with Crippen LogP contribution in [0.3, 0.4) is 0 Å². The van der Waals surface area contributed by atoms with Crippen LogP contribution in [0.2, 0.25) is 0 Å². The van der Waals surface area contributed by atoms with Gasteiger partial charge in [-0.3, -0.25) is 4.79 Å². The van der Waals surface area contributed by atoms with Gasteiger partial charge in [-0.25, -0.2) is 4.79 Å². The van der Waals surface area contributed by atoms with Gasteiger partial charge < -0.3 is 19.9 Å². The molecule has 0 aliphatic carbocycles. The first-order valence-electron chi connectivity index (χ1n) is 7.30. The molecule has 2 rings (SSSR count). The summed E-state index contributed by atoms with van der Waals surface area (Å²) in [5.74, 6) is 0.490. The summed E-state index contributed by atoms with van der Waals surface area (Å²) in [6.07, 6.45) is -0.303. The first-order valence-corrected chi connectivity index (χ1v) is 7.30. The van der Waals surface area contributed by atoms with Gasteiger partial charge in [0.05, 0.1) is 6.61 Å². The van der Waals surface area contributed by atoms with Crippen molar-refractivity contribution < 1.29 is 18.8 Å². The van der Waals surface area contributed by atoms with Gasteiger partial charge in [0.25, 0.3) is 0 Å². The van der Waals surface area contributed by atoms with Crippen molar-refractivity contribution in [1.29, 1.82) is 0 Å². The van der Waals surface area contributed by atoms with Crippen LogP contribution in [0.4, 0.5) is 10.6 Å². The maximum Gasteiger partial charge on any atom is 0.407 e. The highest BCUT2D eigenvalue weighted by molar-refractivity contribution is 5.96. The number of rotatable bonds is 6. The third-order valence-electron chi connectivity index (χ3n) is 3.05. The number of carbonyl (C=O) groups excluding carboxylic acids is 2. The summed E-state index contributed by atoms with van der Waals surface area (Å²) in [6, 6.07) is 10.2. The van der Waals surface area contributed by atoms with Crippen molar-refractivity contribution in [2.45, 2.75) is 26.3 Å². The number of hydrogen-bond acceptors (Lipinski definition) is 5. The number of nitrogens with one attached hydrogen (secondary N) is 2. The van der Waals surface area contributed by atoms with Crippen molar-refractivity contribution in [3.05, 3.63) is 47.7 Å². The van der Waals surface area contributed by atoms with Gasteiger partial charge in [0.2, 0.25) is 5.91 Å². The number of amides is 2. The van der Waals surface area contributed by atoms with Crippen molar-refractivity contribution in [3.8, 4) is 0 Å². The van der Waals surface area contributed by atoms with Crippen LogP contribution in [0.5, 0.6) is 0 Å². The molecule has 1 atom stereocenters. The maximum absolute atomic E-state index is 12.4. The standard InChI is InChI=1S/C16H19N3O4/c1-3-22-16(21)17-13(10-12-7-5-4-6-8-12)15(20)18-14-9-11(2)23-19-14/h4-9,13H,3,10H2,1-2H3,(H,17,21)(H,18,19,20). The number of hydrogen-bond donors (Lipinski definition) is 2. The van der Waals surface area contributed by atoms with Gasteiger partial charge >= 0.3 is 6.09 Å². The molecule has 1 unspecified atom stereocenters. The maximum atomic E-state index is 12.4. The van der Waals surface area contributed by atoms with E-state index >= 15 is 0 Å². The number of aromatic nitrogens is 1. The number of aryl methyl sites for hydroxylation is 1. The van der Waals surface area contributed by atoms with Gasteiger partial charge in [0, 0.05) is 12.5 Å². The first-order chi connectivity index (χ1) is 11.1. The lowest BCUT2D eigenvalue weighted by atomic mass is 10.1. The van der Waals surface area contributed by atoms with Gasteiger partial charge in [0.1, 0.15) is 11.8 Å². The lowest BCUT2D eigenvalue weighted by Crippen LogP contribution is -2.45. The fourth-order valence-corrected chi connectivity index (χ4v) is 2.01. The minimum Gasteiger partial charge on any atom is -0.450 e. The van der Waals surface area contributed by atoms with E-state index in [0.29, 0.717) is 18.0 Å². The van der Waals surface area contributed by atoms with E-state index in [4.69, 9.17) is 9.26 Å². The molecule has 2 amide bonds. The zero-order valence-corrected chi connectivity index (χ0v) is 13.0. The van der Waals surface area contributed by atoms with Crippen molar-refractivity contribution in [1.82, 2.24) is 10.5 Å². The fourth-order valence-electron chi connectivity index (χ4n) is 2.01. The number of carbonyl (C=O) groups is 2. The highest BCUT2D eigenvalue weighted by Crippen LogP contribution is 2.10. The zero-order chi connectivity index (χ0) is 16.7. The van der Waals surface area contributed by atoms with Gasteiger partial charge in [-0.1, -0.05) is 35.5 Å². The minimum atomic E-state index is -0.784. The summed E-state index contributed by atoms with van der Waals surface area (Å²) in [5.41, 5.74) is 0.917. The van der Waals surface area contributed by atoms with Crippen LogP contribution >= 0.6 is 0 Å². The third-order valence-corrected chi connectivity index (χ3v) is 3.05. The Morgan fingerprint density at radius 1 is 1.30 bits per heavy atom.